The molecular formula is C25H17N5O8. The van der Waals surface area contributed by atoms with E-state index in [1.807, 2.05) is 0 Å². The van der Waals surface area contributed by atoms with Gasteiger partial charge in [-0.25, -0.2) is 0 Å². The Labute approximate surface area is 213 Å². The van der Waals surface area contributed by atoms with Gasteiger partial charge in [0.2, 0.25) is 5.78 Å². The van der Waals surface area contributed by atoms with Gasteiger partial charge in [-0.1, -0.05) is 42.5 Å². The van der Waals surface area contributed by atoms with Gasteiger partial charge in [-0.15, -0.1) is 0 Å². The number of anilines is 2. The van der Waals surface area contributed by atoms with Gasteiger partial charge < -0.3 is 5.32 Å². The second kappa shape index (κ2) is 10.2. The van der Waals surface area contributed by atoms with Crippen molar-refractivity contribution in [3.8, 4) is 0 Å². The van der Waals surface area contributed by atoms with Gasteiger partial charge in [0, 0.05) is 17.3 Å². The molecule has 0 radical (unpaired) electrons. The minimum absolute atomic E-state index is 0.138. The fraction of sp³-hybridized carbons (Fsp3) is 0.0800. The zero-order valence-electron chi connectivity index (χ0n) is 19.6. The molecule has 190 valence electrons. The summed E-state index contributed by atoms with van der Waals surface area (Å²) in [6.45, 7) is 1.33. The van der Waals surface area contributed by atoms with Crippen molar-refractivity contribution in [3.63, 3.8) is 0 Å². The third-order valence-electron chi connectivity index (χ3n) is 5.61. The highest BCUT2D eigenvalue weighted by molar-refractivity contribution is 6.51. The maximum Gasteiger partial charge on any atom is 0.301 e. The Morgan fingerprint density at radius 3 is 2.26 bits per heavy atom. The van der Waals surface area contributed by atoms with Gasteiger partial charge in [0.1, 0.15) is 5.69 Å². The predicted molar refractivity (Wildman–Crippen MR) is 134 cm³/mol. The summed E-state index contributed by atoms with van der Waals surface area (Å²) in [6, 6.07) is 16.4. The Morgan fingerprint density at radius 1 is 0.921 bits per heavy atom. The van der Waals surface area contributed by atoms with Crippen LogP contribution in [0.3, 0.4) is 0 Å². The molecule has 1 aliphatic heterocycles. The number of non-ortho nitro benzene ring substituents is 1. The van der Waals surface area contributed by atoms with E-state index in [4.69, 9.17) is 0 Å². The van der Waals surface area contributed by atoms with Crippen LogP contribution in [0.2, 0.25) is 0 Å². The fourth-order valence-electron chi connectivity index (χ4n) is 3.79. The van der Waals surface area contributed by atoms with Crippen LogP contribution in [0.25, 0.3) is 0 Å². The first-order valence-corrected chi connectivity index (χ1v) is 11.0. The third-order valence-corrected chi connectivity index (χ3v) is 5.61. The second-order valence-corrected chi connectivity index (χ2v) is 8.08. The van der Waals surface area contributed by atoms with Crippen molar-refractivity contribution in [1.82, 2.24) is 0 Å². The van der Waals surface area contributed by atoms with E-state index < -0.39 is 50.4 Å². The molecule has 0 aliphatic carbocycles. The first kappa shape index (κ1) is 25.5. The molecule has 0 bridgehead atoms. The maximum absolute atomic E-state index is 13.4. The number of nitrogens with one attached hydrogen (secondary N) is 1. The summed E-state index contributed by atoms with van der Waals surface area (Å²) in [4.78, 5) is 72.2. The van der Waals surface area contributed by atoms with Crippen molar-refractivity contribution in [2.24, 2.45) is 11.0 Å². The Balaban J connectivity index is 1.74. The van der Waals surface area contributed by atoms with E-state index in [2.05, 4.69) is 10.4 Å². The lowest BCUT2D eigenvalue weighted by Crippen LogP contribution is -2.39. The highest BCUT2D eigenvalue weighted by Gasteiger charge is 2.46. The molecule has 3 aromatic rings. The molecule has 1 atom stereocenters. The minimum Gasteiger partial charge on any atom is -0.319 e. The van der Waals surface area contributed by atoms with Gasteiger partial charge in [-0.05, 0) is 30.7 Å². The van der Waals surface area contributed by atoms with Gasteiger partial charge in [0.05, 0.1) is 21.6 Å². The molecule has 13 heteroatoms. The number of nitrogens with zero attached hydrogens (tertiary/aromatic N) is 4. The molecule has 0 spiro atoms. The van der Waals surface area contributed by atoms with Crippen LogP contribution < -0.4 is 10.3 Å². The van der Waals surface area contributed by atoms with E-state index in [-0.39, 0.29) is 22.7 Å². The van der Waals surface area contributed by atoms with Crippen LogP contribution in [0.1, 0.15) is 22.8 Å². The van der Waals surface area contributed by atoms with Crippen molar-refractivity contribution < 1.29 is 29.0 Å². The summed E-state index contributed by atoms with van der Waals surface area (Å²) >= 11 is 0. The lowest BCUT2D eigenvalue weighted by molar-refractivity contribution is -0.393. The number of hydrazone groups is 1. The van der Waals surface area contributed by atoms with Gasteiger partial charge in [0.25, 0.3) is 17.5 Å². The van der Waals surface area contributed by atoms with Crippen LogP contribution in [0, 0.1) is 26.1 Å². The number of carbonyl (C=O) groups excluding carboxylic acids is 4. The highest BCUT2D eigenvalue weighted by atomic mass is 16.6. The number of hydrogen-bond donors (Lipinski definition) is 1. The molecule has 0 fully saturated rings. The van der Waals surface area contributed by atoms with E-state index in [0.717, 1.165) is 12.1 Å². The van der Waals surface area contributed by atoms with Crippen LogP contribution in [0.15, 0.2) is 77.9 Å². The summed E-state index contributed by atoms with van der Waals surface area (Å²) in [6.07, 6.45) is 0. The van der Waals surface area contributed by atoms with Crippen molar-refractivity contribution in [2.75, 3.05) is 10.3 Å². The van der Waals surface area contributed by atoms with E-state index in [0.29, 0.717) is 16.6 Å². The normalized spacial score (nSPS) is 14.6. The molecule has 38 heavy (non-hydrogen) atoms. The second-order valence-electron chi connectivity index (χ2n) is 8.08. The molecule has 0 saturated carbocycles. The van der Waals surface area contributed by atoms with E-state index in [1.54, 1.807) is 18.2 Å². The molecule has 0 aromatic heterocycles. The SMILES string of the molecule is CC(=O)c1cccc(NC(=O)C(=O)[C@H]2C(=O)N(c3ccc([N+](=O)[O-])cc3[N+](=O)[O-])N=C2c2ccccc2)c1. The van der Waals surface area contributed by atoms with Crippen LogP contribution in [0.4, 0.5) is 22.7 Å². The number of hydrogen-bond acceptors (Lipinski definition) is 9. The summed E-state index contributed by atoms with van der Waals surface area (Å²) in [5.41, 5.74) is -1.19. The Morgan fingerprint density at radius 2 is 1.63 bits per heavy atom. The molecule has 1 N–H and O–H groups in total. The number of amides is 2. The largest absolute Gasteiger partial charge is 0.319 e. The van der Waals surface area contributed by atoms with Crippen molar-refractivity contribution >= 4 is 51.8 Å². The monoisotopic (exact) mass is 515 g/mol. The zero-order chi connectivity index (χ0) is 27.6. The number of rotatable bonds is 8. The molecule has 1 heterocycles. The Hall–Kier alpha value is -5.59. The van der Waals surface area contributed by atoms with Crippen LogP contribution >= 0.6 is 0 Å². The Kier molecular flexibility index (Phi) is 6.83. The van der Waals surface area contributed by atoms with Gasteiger partial charge in [-0.2, -0.15) is 10.1 Å². The summed E-state index contributed by atoms with van der Waals surface area (Å²) in [5.74, 6) is -5.45. The van der Waals surface area contributed by atoms with Gasteiger partial charge in [0.15, 0.2) is 11.7 Å². The van der Waals surface area contributed by atoms with Crippen LogP contribution in [0.5, 0.6) is 0 Å². The lowest BCUT2D eigenvalue weighted by Gasteiger charge is -2.14. The first-order chi connectivity index (χ1) is 18.1. The summed E-state index contributed by atoms with van der Waals surface area (Å²) in [7, 11) is 0. The van der Waals surface area contributed by atoms with Gasteiger partial charge in [-0.3, -0.25) is 39.4 Å². The van der Waals surface area contributed by atoms with E-state index >= 15 is 0 Å². The standard InChI is InChI=1S/C25H17N5O8/c1-14(31)16-8-5-9-17(12-16)26-24(33)23(32)21-22(15-6-3-2-4-7-15)27-28(25(21)34)19-11-10-18(29(35)36)13-20(19)30(37)38/h2-13,21H,1H3,(H,26,33)/t21-/m0/s1. The molecule has 2 amide bonds. The number of ketones is 2. The minimum atomic E-state index is -1.76. The van der Waals surface area contributed by atoms with E-state index in [1.165, 1.54) is 43.3 Å². The molecular weight excluding hydrogens is 498 g/mol. The fourth-order valence-corrected chi connectivity index (χ4v) is 3.79. The predicted octanol–water partition coefficient (Wildman–Crippen LogP) is 3.28. The van der Waals surface area contributed by atoms with Crippen molar-refractivity contribution in [2.45, 2.75) is 6.92 Å². The number of nitro groups is 2. The average molecular weight is 515 g/mol. The van der Waals surface area contributed by atoms with Crippen molar-refractivity contribution in [1.29, 1.82) is 0 Å². The average Bonchev–Trinajstić information content (AvgIpc) is 3.25. The van der Waals surface area contributed by atoms with E-state index in [9.17, 15) is 39.4 Å². The number of carbonyl (C=O) groups is 4. The zero-order valence-corrected chi connectivity index (χ0v) is 19.6. The topological polar surface area (TPSA) is 182 Å². The number of Topliss-reactive ketones (excluding diaryl/α,β-unsaturated/α-hetero) is 2. The third kappa shape index (κ3) is 4.88. The number of benzene rings is 3. The highest BCUT2D eigenvalue weighted by Crippen LogP contribution is 2.36. The summed E-state index contributed by atoms with van der Waals surface area (Å²) in [5, 5.41) is 29.8. The first-order valence-electron chi connectivity index (χ1n) is 11.0. The Bertz CT molecular complexity index is 1550. The molecule has 1 aliphatic rings. The quantitative estimate of drug-likeness (QED) is 0.156. The molecule has 0 saturated heterocycles. The lowest BCUT2D eigenvalue weighted by atomic mass is 9.92. The van der Waals surface area contributed by atoms with Crippen molar-refractivity contribution in [3.05, 3.63) is 104 Å². The maximum atomic E-state index is 13.4. The van der Waals surface area contributed by atoms with Crippen LogP contribution in [-0.4, -0.2) is 38.9 Å². The smallest absolute Gasteiger partial charge is 0.301 e. The number of nitro benzene ring substituents is 2. The molecule has 13 nitrogen and oxygen atoms in total. The molecule has 3 aromatic carbocycles. The molecule has 0 unspecified atom stereocenters. The van der Waals surface area contributed by atoms with Crippen LogP contribution in [-0.2, 0) is 14.4 Å². The van der Waals surface area contributed by atoms with Gasteiger partial charge >= 0.3 is 5.69 Å². The molecule has 4 rings (SSSR count). The summed E-state index contributed by atoms with van der Waals surface area (Å²) < 4.78 is 0.